The second kappa shape index (κ2) is 9.81. The summed E-state index contributed by atoms with van der Waals surface area (Å²) < 4.78 is 55.5. The third-order valence-electron chi connectivity index (χ3n) is 8.30. The normalized spacial score (nSPS) is 33.3. The van der Waals surface area contributed by atoms with E-state index in [4.69, 9.17) is 14.2 Å². The molecule has 4 bridgehead atoms. The van der Waals surface area contributed by atoms with Crippen LogP contribution in [-0.2, 0) is 14.3 Å². The van der Waals surface area contributed by atoms with Crippen LogP contribution >= 0.6 is 0 Å². The summed E-state index contributed by atoms with van der Waals surface area (Å²) >= 11 is 0. The Labute approximate surface area is 222 Å². The lowest BCUT2D eigenvalue weighted by atomic mass is 9.51. The molecule has 0 radical (unpaired) electrons. The lowest BCUT2D eigenvalue weighted by Crippen LogP contribution is -2.68. The maximum atomic E-state index is 13.1. The van der Waals surface area contributed by atoms with Gasteiger partial charge in [-0.15, -0.1) is 0 Å². The third-order valence-corrected chi connectivity index (χ3v) is 8.30. The number of aryl methyl sites for hydroxylation is 1. The van der Waals surface area contributed by atoms with Gasteiger partial charge < -0.3 is 30.0 Å². The fourth-order valence-electron chi connectivity index (χ4n) is 6.82. The van der Waals surface area contributed by atoms with Crippen molar-refractivity contribution in [2.75, 3.05) is 30.5 Å². The largest absolute Gasteiger partial charge is 0.490 e. The summed E-state index contributed by atoms with van der Waals surface area (Å²) in [5.74, 6) is -0.952. The SMILES string of the molecule is Cc1cc(Nc2cc(OCC3CCOC3)nc(NC3C4CC5CC3C(OC(=O)C(F)(F)F)C(O)(C5)C4)n2)n[nH]1. The van der Waals surface area contributed by atoms with Gasteiger partial charge in [0.2, 0.25) is 11.8 Å². The van der Waals surface area contributed by atoms with E-state index in [2.05, 4.69) is 30.8 Å². The minimum Gasteiger partial charge on any atom is -0.477 e. The van der Waals surface area contributed by atoms with Crippen molar-refractivity contribution in [3.8, 4) is 5.88 Å². The Morgan fingerprint density at radius 2 is 2.10 bits per heavy atom. The van der Waals surface area contributed by atoms with E-state index in [1.165, 1.54) is 0 Å². The molecule has 5 aliphatic rings. The average molecular weight is 553 g/mol. The predicted molar refractivity (Wildman–Crippen MR) is 130 cm³/mol. The van der Waals surface area contributed by atoms with Gasteiger partial charge in [0.1, 0.15) is 17.5 Å². The van der Waals surface area contributed by atoms with Gasteiger partial charge in [-0.2, -0.15) is 28.2 Å². The molecule has 7 unspecified atom stereocenters. The highest BCUT2D eigenvalue weighted by Gasteiger charge is 2.63. The molecular formula is C25H31F3N6O5. The predicted octanol–water partition coefficient (Wildman–Crippen LogP) is 3.10. The van der Waals surface area contributed by atoms with E-state index in [9.17, 15) is 23.1 Å². The zero-order valence-electron chi connectivity index (χ0n) is 21.3. The number of alkyl halides is 3. The number of carbonyl (C=O) groups excluding carboxylic acids is 1. The highest BCUT2D eigenvalue weighted by molar-refractivity contribution is 5.76. The first-order valence-corrected chi connectivity index (χ1v) is 13.2. The number of nitrogens with zero attached hydrogens (tertiary/aromatic N) is 3. The molecular weight excluding hydrogens is 521 g/mol. The van der Waals surface area contributed by atoms with Crippen LogP contribution in [0.5, 0.6) is 5.88 Å². The Hall–Kier alpha value is -3.13. The summed E-state index contributed by atoms with van der Waals surface area (Å²) in [6.07, 6.45) is -3.64. The zero-order valence-corrected chi connectivity index (χ0v) is 21.3. The van der Waals surface area contributed by atoms with Gasteiger partial charge in [0.15, 0.2) is 5.82 Å². The number of H-pyrrole nitrogens is 1. The molecule has 2 aromatic rings. The average Bonchev–Trinajstić information content (AvgIpc) is 3.52. The van der Waals surface area contributed by atoms with Crippen LogP contribution < -0.4 is 15.4 Å². The molecule has 0 aromatic carbocycles. The van der Waals surface area contributed by atoms with Crippen molar-refractivity contribution in [3.63, 3.8) is 0 Å². The number of ether oxygens (including phenoxy) is 3. The van der Waals surface area contributed by atoms with Crippen LogP contribution in [0.25, 0.3) is 0 Å². The van der Waals surface area contributed by atoms with Gasteiger partial charge in [-0.3, -0.25) is 5.10 Å². The first kappa shape index (κ1) is 26.1. The van der Waals surface area contributed by atoms with Gasteiger partial charge >= 0.3 is 12.1 Å². The quantitative estimate of drug-likeness (QED) is 0.361. The first-order chi connectivity index (χ1) is 18.6. The minimum absolute atomic E-state index is 0.0393. The fraction of sp³-hybridized carbons (Fsp3) is 0.680. The number of carbonyl (C=O) groups is 1. The van der Waals surface area contributed by atoms with Crippen LogP contribution in [-0.4, -0.2) is 75.0 Å². The molecule has 4 aliphatic carbocycles. The van der Waals surface area contributed by atoms with Crippen molar-refractivity contribution in [3.05, 3.63) is 17.8 Å². The second-order valence-electron chi connectivity index (χ2n) is 11.3. The maximum Gasteiger partial charge on any atom is 0.490 e. The van der Waals surface area contributed by atoms with Gasteiger partial charge in [-0.25, -0.2) is 4.79 Å². The number of halogens is 3. The monoisotopic (exact) mass is 552 g/mol. The van der Waals surface area contributed by atoms with Crippen LogP contribution in [0.3, 0.4) is 0 Å². The lowest BCUT2D eigenvalue weighted by Gasteiger charge is -2.61. The molecule has 11 nitrogen and oxygen atoms in total. The van der Waals surface area contributed by atoms with E-state index in [1.807, 2.05) is 13.0 Å². The Morgan fingerprint density at radius 1 is 1.26 bits per heavy atom. The Kier molecular flexibility index (Phi) is 6.57. The summed E-state index contributed by atoms with van der Waals surface area (Å²) in [6.45, 7) is 3.58. The molecule has 1 aliphatic heterocycles. The number of rotatable bonds is 8. The number of aliphatic hydroxyl groups is 1. The molecule has 0 spiro atoms. The zero-order chi connectivity index (χ0) is 27.4. The van der Waals surface area contributed by atoms with Gasteiger partial charge in [-0.05, 0) is 50.9 Å². The molecule has 14 heteroatoms. The molecule has 7 rings (SSSR count). The van der Waals surface area contributed by atoms with Crippen molar-refractivity contribution in [1.29, 1.82) is 0 Å². The maximum absolute atomic E-state index is 13.1. The smallest absolute Gasteiger partial charge is 0.477 e. The van der Waals surface area contributed by atoms with E-state index in [-0.39, 0.29) is 30.1 Å². The number of esters is 1. The highest BCUT2D eigenvalue weighted by atomic mass is 19.4. The molecule has 4 N–H and O–H groups in total. The van der Waals surface area contributed by atoms with E-state index in [0.29, 0.717) is 50.2 Å². The van der Waals surface area contributed by atoms with Crippen LogP contribution in [0.1, 0.15) is 37.8 Å². The third kappa shape index (κ3) is 5.36. The van der Waals surface area contributed by atoms with Gasteiger partial charge in [-0.1, -0.05) is 0 Å². The highest BCUT2D eigenvalue weighted by Crippen LogP contribution is 2.57. The Bertz CT molecular complexity index is 1220. The van der Waals surface area contributed by atoms with Crippen LogP contribution in [0.2, 0.25) is 0 Å². The van der Waals surface area contributed by atoms with Gasteiger partial charge in [0.25, 0.3) is 0 Å². The van der Waals surface area contributed by atoms with Crippen molar-refractivity contribution >= 4 is 23.6 Å². The molecule has 5 fully saturated rings. The minimum atomic E-state index is -5.14. The summed E-state index contributed by atoms with van der Waals surface area (Å²) in [5, 5.41) is 24.7. The van der Waals surface area contributed by atoms with Crippen LogP contribution in [0.15, 0.2) is 12.1 Å². The number of aromatic nitrogens is 4. The summed E-state index contributed by atoms with van der Waals surface area (Å²) in [5.41, 5.74) is -0.622. The van der Waals surface area contributed by atoms with Crippen molar-refractivity contribution in [1.82, 2.24) is 20.2 Å². The van der Waals surface area contributed by atoms with Crippen molar-refractivity contribution < 1.29 is 37.3 Å². The molecule has 212 valence electrons. The number of hydrogen-bond acceptors (Lipinski definition) is 10. The summed E-state index contributed by atoms with van der Waals surface area (Å²) in [6, 6.07) is 3.06. The second-order valence-corrected chi connectivity index (χ2v) is 11.3. The van der Waals surface area contributed by atoms with E-state index in [0.717, 1.165) is 18.5 Å². The number of hydrogen-bond donors (Lipinski definition) is 4. The lowest BCUT2D eigenvalue weighted by molar-refractivity contribution is -0.249. The van der Waals surface area contributed by atoms with Crippen LogP contribution in [0.4, 0.5) is 30.8 Å². The van der Waals surface area contributed by atoms with Gasteiger partial charge in [0, 0.05) is 42.3 Å². The summed E-state index contributed by atoms with van der Waals surface area (Å²) in [7, 11) is 0. The summed E-state index contributed by atoms with van der Waals surface area (Å²) in [4.78, 5) is 20.9. The molecule has 7 atom stereocenters. The standard InChI is InChI=1S/C25H31F3N6O5/c1-12-4-18(34-33-12)29-17-7-19(38-11-13-2-3-37-10-13)31-23(30-17)32-20-15-5-14-6-16(20)21(24(36,8-14)9-15)39-22(35)25(26,27)28/h4,7,13-16,20-21,36H,2-3,5-6,8-11H2,1H3,(H3,29,30,31,32,33,34). The topological polar surface area (TPSA) is 144 Å². The molecule has 2 aromatic heterocycles. The molecule has 1 saturated heterocycles. The van der Waals surface area contributed by atoms with Crippen molar-refractivity contribution in [2.24, 2.45) is 23.7 Å². The fourth-order valence-corrected chi connectivity index (χ4v) is 6.82. The molecule has 3 heterocycles. The van der Waals surface area contributed by atoms with Gasteiger partial charge in [0.05, 0.1) is 13.2 Å². The van der Waals surface area contributed by atoms with Crippen molar-refractivity contribution in [2.45, 2.75) is 63.0 Å². The molecule has 0 amide bonds. The van der Waals surface area contributed by atoms with E-state index < -0.39 is 35.8 Å². The number of nitrogens with one attached hydrogen (secondary N) is 3. The number of anilines is 3. The molecule has 4 saturated carbocycles. The van der Waals surface area contributed by atoms with E-state index in [1.54, 1.807) is 6.07 Å². The Balaban J connectivity index is 1.25. The molecule has 39 heavy (non-hydrogen) atoms. The number of aromatic amines is 1. The first-order valence-electron chi connectivity index (χ1n) is 13.2. The Morgan fingerprint density at radius 3 is 2.82 bits per heavy atom. The van der Waals surface area contributed by atoms with E-state index >= 15 is 0 Å². The van der Waals surface area contributed by atoms with Crippen LogP contribution in [0, 0.1) is 30.6 Å².